The summed E-state index contributed by atoms with van der Waals surface area (Å²) >= 11 is 0. The topological polar surface area (TPSA) is 50.2 Å². The van der Waals surface area contributed by atoms with Crippen molar-refractivity contribution in [2.45, 2.75) is 64.1 Å². The normalized spacial score (nSPS) is 27.3. The molecule has 2 saturated carbocycles. The first-order valence-electron chi connectivity index (χ1n) is 8.61. The second kappa shape index (κ2) is 4.82. The van der Waals surface area contributed by atoms with Crippen LogP contribution in [-0.2, 0) is 11.8 Å². The van der Waals surface area contributed by atoms with E-state index in [1.165, 1.54) is 24.1 Å². The summed E-state index contributed by atoms with van der Waals surface area (Å²) in [6.07, 6.45) is 6.86. The van der Waals surface area contributed by atoms with E-state index in [0.29, 0.717) is 11.8 Å². The Bertz CT molecular complexity index is 610. The molecule has 3 aliphatic rings. The number of carbonyl (C=O) groups is 1. The molecule has 1 aromatic rings. The second-order valence-electron chi connectivity index (χ2n) is 7.45. The summed E-state index contributed by atoms with van der Waals surface area (Å²) in [7, 11) is 1.99. The number of carbonyl (C=O) groups excluding carboxylic acids is 1. The molecular formula is C17H26N4O. The molecule has 0 bridgehead atoms. The van der Waals surface area contributed by atoms with Crippen LogP contribution in [0.1, 0.15) is 61.6 Å². The van der Waals surface area contributed by atoms with Crippen molar-refractivity contribution in [3.05, 3.63) is 17.0 Å². The predicted molar refractivity (Wildman–Crippen MR) is 84.2 cm³/mol. The molecule has 1 saturated heterocycles. The molecule has 0 aromatic carbocycles. The van der Waals surface area contributed by atoms with E-state index < -0.39 is 0 Å². The minimum absolute atomic E-state index is 0.0138. The third-order valence-electron chi connectivity index (χ3n) is 5.84. The van der Waals surface area contributed by atoms with Gasteiger partial charge in [-0.25, -0.2) is 0 Å². The molecule has 1 amide bonds. The number of hydrogen-bond acceptors (Lipinski definition) is 3. The van der Waals surface area contributed by atoms with Crippen molar-refractivity contribution in [2.24, 2.45) is 13.0 Å². The summed E-state index contributed by atoms with van der Waals surface area (Å²) in [5, 5.41) is 8.30. The lowest BCUT2D eigenvalue weighted by atomic mass is 9.98. The highest BCUT2D eigenvalue weighted by atomic mass is 16.2. The minimum Gasteiger partial charge on any atom is -0.321 e. The molecule has 1 atom stereocenters. The Morgan fingerprint density at radius 3 is 2.50 bits per heavy atom. The lowest BCUT2D eigenvalue weighted by Gasteiger charge is -2.24. The first-order chi connectivity index (χ1) is 10.5. The van der Waals surface area contributed by atoms with E-state index in [1.54, 1.807) is 0 Å². The zero-order valence-electron chi connectivity index (χ0n) is 13.9. The maximum Gasteiger partial charge on any atom is 0.244 e. The molecule has 1 N–H and O–H groups in total. The Balaban J connectivity index is 1.73. The van der Waals surface area contributed by atoms with Crippen molar-refractivity contribution in [3.8, 4) is 0 Å². The van der Waals surface area contributed by atoms with Gasteiger partial charge < -0.3 is 4.90 Å². The van der Waals surface area contributed by atoms with Crippen molar-refractivity contribution in [1.82, 2.24) is 20.0 Å². The van der Waals surface area contributed by atoms with Gasteiger partial charge in [-0.2, -0.15) is 5.10 Å². The van der Waals surface area contributed by atoms with Gasteiger partial charge in [0.25, 0.3) is 0 Å². The van der Waals surface area contributed by atoms with Gasteiger partial charge in [0.2, 0.25) is 5.91 Å². The summed E-state index contributed by atoms with van der Waals surface area (Å²) in [6, 6.07) is 0. The molecule has 2 aliphatic carbocycles. The van der Waals surface area contributed by atoms with Crippen LogP contribution in [0.4, 0.5) is 0 Å². The third kappa shape index (κ3) is 2.02. The molecule has 120 valence electrons. The van der Waals surface area contributed by atoms with Gasteiger partial charge in [-0.15, -0.1) is 0 Å². The van der Waals surface area contributed by atoms with Crippen LogP contribution in [0.25, 0.3) is 0 Å². The lowest BCUT2D eigenvalue weighted by Crippen LogP contribution is -2.44. The molecular weight excluding hydrogens is 276 g/mol. The lowest BCUT2D eigenvalue weighted by molar-refractivity contribution is -0.133. The highest BCUT2D eigenvalue weighted by Crippen LogP contribution is 2.44. The smallest absolute Gasteiger partial charge is 0.244 e. The van der Waals surface area contributed by atoms with Crippen molar-refractivity contribution >= 4 is 5.91 Å². The van der Waals surface area contributed by atoms with E-state index in [4.69, 9.17) is 0 Å². The van der Waals surface area contributed by atoms with Gasteiger partial charge in [-0.3, -0.25) is 14.8 Å². The average molecular weight is 302 g/mol. The van der Waals surface area contributed by atoms with Gasteiger partial charge in [0.1, 0.15) is 6.17 Å². The zero-order chi connectivity index (χ0) is 15.5. The van der Waals surface area contributed by atoms with Crippen molar-refractivity contribution in [1.29, 1.82) is 0 Å². The van der Waals surface area contributed by atoms with E-state index in [0.717, 1.165) is 37.9 Å². The van der Waals surface area contributed by atoms with Crippen LogP contribution in [0.2, 0.25) is 0 Å². The number of nitrogens with zero attached hydrogens (tertiary/aromatic N) is 3. The maximum atomic E-state index is 13.1. The Labute approximate surface area is 132 Å². The SMILES string of the molecule is Cc1nn(C)c(C)c1C1NC2(CCCC2)C(=O)N1CC1CC1. The van der Waals surface area contributed by atoms with E-state index >= 15 is 0 Å². The number of aryl methyl sites for hydroxylation is 2. The minimum atomic E-state index is -0.297. The third-order valence-corrected chi connectivity index (χ3v) is 5.84. The highest BCUT2D eigenvalue weighted by molar-refractivity contribution is 5.89. The van der Waals surface area contributed by atoms with Crippen LogP contribution in [0.3, 0.4) is 0 Å². The predicted octanol–water partition coefficient (Wildman–Crippen LogP) is 2.19. The number of nitrogens with one attached hydrogen (secondary N) is 1. The fourth-order valence-electron chi connectivity index (χ4n) is 4.31. The molecule has 1 unspecified atom stereocenters. The molecule has 4 rings (SSSR count). The summed E-state index contributed by atoms with van der Waals surface area (Å²) < 4.78 is 1.94. The van der Waals surface area contributed by atoms with E-state index in [2.05, 4.69) is 29.2 Å². The summed E-state index contributed by atoms with van der Waals surface area (Å²) in [4.78, 5) is 15.3. The van der Waals surface area contributed by atoms with Crippen LogP contribution in [0.5, 0.6) is 0 Å². The second-order valence-corrected chi connectivity index (χ2v) is 7.45. The van der Waals surface area contributed by atoms with Crippen molar-refractivity contribution in [2.75, 3.05) is 6.54 Å². The Kier molecular flexibility index (Phi) is 3.12. The van der Waals surface area contributed by atoms with Gasteiger partial charge in [-0.05, 0) is 45.4 Å². The maximum absolute atomic E-state index is 13.1. The van der Waals surface area contributed by atoms with Crippen molar-refractivity contribution in [3.63, 3.8) is 0 Å². The number of aromatic nitrogens is 2. The molecule has 1 aliphatic heterocycles. The fraction of sp³-hybridized carbons (Fsp3) is 0.765. The molecule has 5 nitrogen and oxygen atoms in total. The first kappa shape index (κ1) is 14.2. The summed E-state index contributed by atoms with van der Waals surface area (Å²) in [5.41, 5.74) is 3.12. The molecule has 0 radical (unpaired) electrons. The van der Waals surface area contributed by atoms with Gasteiger partial charge in [0.05, 0.1) is 11.2 Å². The first-order valence-corrected chi connectivity index (χ1v) is 8.61. The van der Waals surface area contributed by atoms with Crippen molar-refractivity contribution < 1.29 is 4.79 Å². The van der Waals surface area contributed by atoms with Crippen LogP contribution >= 0.6 is 0 Å². The summed E-state index contributed by atoms with van der Waals surface area (Å²) in [5.74, 6) is 1.05. The van der Waals surface area contributed by atoms with Gasteiger partial charge in [0, 0.05) is 24.8 Å². The quantitative estimate of drug-likeness (QED) is 0.931. The molecule has 1 aromatic heterocycles. The largest absolute Gasteiger partial charge is 0.321 e. The number of amides is 1. The molecule has 5 heteroatoms. The summed E-state index contributed by atoms with van der Waals surface area (Å²) in [6.45, 7) is 5.08. The van der Waals surface area contributed by atoms with E-state index in [1.807, 2.05) is 11.7 Å². The van der Waals surface area contributed by atoms with E-state index in [-0.39, 0.29) is 11.7 Å². The van der Waals surface area contributed by atoms with Crippen LogP contribution in [-0.4, -0.2) is 32.7 Å². The van der Waals surface area contributed by atoms with Gasteiger partial charge in [0.15, 0.2) is 0 Å². The highest BCUT2D eigenvalue weighted by Gasteiger charge is 2.54. The van der Waals surface area contributed by atoms with Gasteiger partial charge in [-0.1, -0.05) is 12.8 Å². The Morgan fingerprint density at radius 1 is 1.27 bits per heavy atom. The standard InChI is InChI=1S/C17H26N4O/c1-11-14(12(2)20(3)19-11)15-18-17(8-4-5-9-17)16(22)21(15)10-13-6-7-13/h13,15,18H,4-10H2,1-3H3. The zero-order valence-corrected chi connectivity index (χ0v) is 13.9. The molecule has 1 spiro atoms. The van der Waals surface area contributed by atoms with Gasteiger partial charge >= 0.3 is 0 Å². The Hall–Kier alpha value is -1.36. The monoisotopic (exact) mass is 302 g/mol. The average Bonchev–Trinajstić information content (AvgIpc) is 3.03. The van der Waals surface area contributed by atoms with Crippen LogP contribution < -0.4 is 5.32 Å². The fourth-order valence-corrected chi connectivity index (χ4v) is 4.31. The van der Waals surface area contributed by atoms with E-state index in [9.17, 15) is 4.79 Å². The molecule has 3 fully saturated rings. The van der Waals surface area contributed by atoms with Crippen LogP contribution in [0.15, 0.2) is 0 Å². The number of rotatable bonds is 3. The Morgan fingerprint density at radius 2 is 1.95 bits per heavy atom. The molecule has 22 heavy (non-hydrogen) atoms. The van der Waals surface area contributed by atoms with Crippen LogP contribution in [0, 0.1) is 19.8 Å². The molecule has 2 heterocycles. The number of hydrogen-bond donors (Lipinski definition) is 1.